The lowest BCUT2D eigenvalue weighted by atomic mass is 10.2. The van der Waals surface area contributed by atoms with Crippen molar-refractivity contribution >= 4 is 5.69 Å². The summed E-state index contributed by atoms with van der Waals surface area (Å²) in [6.45, 7) is 6.67. The Kier molecular flexibility index (Phi) is 5.28. The maximum absolute atomic E-state index is 5.92. The summed E-state index contributed by atoms with van der Waals surface area (Å²) >= 11 is 0. The number of hydrogen-bond donors (Lipinski definition) is 1. The van der Waals surface area contributed by atoms with Crippen LogP contribution in [0.5, 0.6) is 5.75 Å². The van der Waals surface area contributed by atoms with Crippen molar-refractivity contribution in [1.29, 1.82) is 0 Å². The Morgan fingerprint density at radius 2 is 1.95 bits per heavy atom. The number of rotatable bonds is 7. The summed E-state index contributed by atoms with van der Waals surface area (Å²) in [5.41, 5.74) is 2.34. The minimum absolute atomic E-state index is 0.749. The second-order valence-corrected chi connectivity index (χ2v) is 5.15. The number of furan rings is 1. The van der Waals surface area contributed by atoms with Gasteiger partial charge in [-0.3, -0.25) is 0 Å². The molecule has 1 N–H and O–H groups in total. The third-order valence-electron chi connectivity index (χ3n) is 3.51. The zero-order valence-corrected chi connectivity index (χ0v) is 13.3. The van der Waals surface area contributed by atoms with Crippen LogP contribution in [0.1, 0.15) is 24.0 Å². The lowest BCUT2D eigenvalue weighted by Crippen LogP contribution is -2.15. The van der Waals surface area contributed by atoms with Crippen LogP contribution in [0.4, 0.5) is 5.69 Å². The normalized spacial score (nSPS) is 10.7. The molecule has 1 aromatic heterocycles. The molecule has 0 radical (unpaired) electrons. The summed E-state index contributed by atoms with van der Waals surface area (Å²) in [6, 6.07) is 10.2. The second kappa shape index (κ2) is 7.18. The summed E-state index contributed by atoms with van der Waals surface area (Å²) in [7, 11) is 3.74. The fourth-order valence-electron chi connectivity index (χ4n) is 2.24. The van der Waals surface area contributed by atoms with Gasteiger partial charge in [-0.2, -0.15) is 0 Å². The van der Waals surface area contributed by atoms with Crippen molar-refractivity contribution in [3.05, 3.63) is 47.4 Å². The van der Waals surface area contributed by atoms with Gasteiger partial charge in [0.25, 0.3) is 0 Å². The van der Waals surface area contributed by atoms with Crippen molar-refractivity contribution in [3.8, 4) is 5.75 Å². The maximum Gasteiger partial charge on any atom is 0.123 e. The van der Waals surface area contributed by atoms with E-state index in [4.69, 9.17) is 9.15 Å². The van der Waals surface area contributed by atoms with E-state index < -0.39 is 0 Å². The average Bonchev–Trinajstić information content (AvgIpc) is 2.84. The van der Waals surface area contributed by atoms with Gasteiger partial charge in [0.2, 0.25) is 0 Å². The molecule has 21 heavy (non-hydrogen) atoms. The number of aryl methyl sites for hydroxylation is 1. The monoisotopic (exact) mass is 288 g/mol. The number of anilines is 1. The minimum atomic E-state index is 0.749. The van der Waals surface area contributed by atoms with Crippen LogP contribution in [-0.2, 0) is 13.1 Å². The first-order valence-electron chi connectivity index (χ1n) is 7.28. The topological polar surface area (TPSA) is 37.6 Å². The highest BCUT2D eigenvalue weighted by Gasteiger charge is 2.10. The van der Waals surface area contributed by atoms with Crippen LogP contribution in [-0.4, -0.2) is 20.7 Å². The lowest BCUT2D eigenvalue weighted by Gasteiger charge is -2.18. The molecule has 0 saturated heterocycles. The summed E-state index contributed by atoms with van der Waals surface area (Å²) in [6.07, 6.45) is 0. The molecular formula is C17H24N2O2. The van der Waals surface area contributed by atoms with Gasteiger partial charge in [0, 0.05) is 12.7 Å². The van der Waals surface area contributed by atoms with E-state index in [2.05, 4.69) is 37.2 Å². The lowest BCUT2D eigenvalue weighted by molar-refractivity contribution is 0.415. The van der Waals surface area contributed by atoms with E-state index in [0.717, 1.165) is 42.6 Å². The van der Waals surface area contributed by atoms with E-state index in [0.29, 0.717) is 0 Å². The molecule has 0 aliphatic carbocycles. The van der Waals surface area contributed by atoms with E-state index in [9.17, 15) is 0 Å². The standard InChI is InChI=1S/C17H24N2O2/c1-5-18-11-17-13(2)10-16(21-17)12-19(3)14-6-8-15(20-4)9-7-14/h6-10,18H,5,11-12H2,1-4H3. The average molecular weight is 288 g/mol. The number of hydrogen-bond acceptors (Lipinski definition) is 4. The van der Waals surface area contributed by atoms with Gasteiger partial charge < -0.3 is 19.4 Å². The number of methoxy groups -OCH3 is 1. The Bertz CT molecular complexity index is 561. The van der Waals surface area contributed by atoms with Crippen molar-refractivity contribution in [2.75, 3.05) is 25.6 Å². The SMILES string of the molecule is CCNCc1oc(CN(C)c2ccc(OC)cc2)cc1C. The van der Waals surface area contributed by atoms with Gasteiger partial charge >= 0.3 is 0 Å². The van der Waals surface area contributed by atoms with Crippen LogP contribution >= 0.6 is 0 Å². The predicted octanol–water partition coefficient (Wildman–Crippen LogP) is 3.34. The molecule has 1 heterocycles. The fourth-order valence-corrected chi connectivity index (χ4v) is 2.24. The number of benzene rings is 1. The van der Waals surface area contributed by atoms with Crippen LogP contribution in [0.3, 0.4) is 0 Å². The first-order valence-corrected chi connectivity index (χ1v) is 7.28. The highest BCUT2D eigenvalue weighted by atomic mass is 16.5. The van der Waals surface area contributed by atoms with Gasteiger partial charge in [-0.1, -0.05) is 6.92 Å². The second-order valence-electron chi connectivity index (χ2n) is 5.15. The molecule has 0 aliphatic heterocycles. The molecule has 2 aromatic rings. The van der Waals surface area contributed by atoms with Crippen molar-refractivity contribution in [1.82, 2.24) is 5.32 Å². The molecule has 0 fully saturated rings. The van der Waals surface area contributed by atoms with Crippen LogP contribution in [0.15, 0.2) is 34.7 Å². The van der Waals surface area contributed by atoms with E-state index in [1.165, 1.54) is 5.56 Å². The Labute approximate surface area is 126 Å². The summed E-state index contributed by atoms with van der Waals surface area (Å²) in [4.78, 5) is 2.16. The van der Waals surface area contributed by atoms with Gasteiger partial charge in [-0.05, 0) is 49.4 Å². The summed E-state index contributed by atoms with van der Waals surface area (Å²) in [5, 5.41) is 3.30. The largest absolute Gasteiger partial charge is 0.497 e. The fraction of sp³-hybridized carbons (Fsp3) is 0.412. The van der Waals surface area contributed by atoms with Crippen LogP contribution in [0.2, 0.25) is 0 Å². The minimum Gasteiger partial charge on any atom is -0.497 e. The summed E-state index contributed by atoms with van der Waals surface area (Å²) < 4.78 is 11.1. The van der Waals surface area contributed by atoms with Gasteiger partial charge in [-0.15, -0.1) is 0 Å². The van der Waals surface area contributed by atoms with Crippen LogP contribution < -0.4 is 15.0 Å². The molecule has 114 valence electrons. The number of nitrogens with zero attached hydrogens (tertiary/aromatic N) is 1. The van der Waals surface area contributed by atoms with Crippen molar-refractivity contribution in [2.45, 2.75) is 26.9 Å². The van der Waals surface area contributed by atoms with Crippen molar-refractivity contribution < 1.29 is 9.15 Å². The molecule has 0 amide bonds. The number of nitrogens with one attached hydrogen (secondary N) is 1. The smallest absolute Gasteiger partial charge is 0.123 e. The Morgan fingerprint density at radius 1 is 1.24 bits per heavy atom. The molecule has 0 saturated carbocycles. The highest BCUT2D eigenvalue weighted by Crippen LogP contribution is 2.21. The zero-order valence-electron chi connectivity index (χ0n) is 13.3. The van der Waals surface area contributed by atoms with Crippen LogP contribution in [0, 0.1) is 6.92 Å². The summed E-state index contributed by atoms with van der Waals surface area (Å²) in [5.74, 6) is 2.88. The molecule has 0 bridgehead atoms. The molecule has 4 nitrogen and oxygen atoms in total. The van der Waals surface area contributed by atoms with Gasteiger partial charge in [-0.25, -0.2) is 0 Å². The van der Waals surface area contributed by atoms with E-state index in [1.807, 2.05) is 24.3 Å². The van der Waals surface area contributed by atoms with Crippen molar-refractivity contribution in [3.63, 3.8) is 0 Å². The Hall–Kier alpha value is -1.94. The van der Waals surface area contributed by atoms with E-state index in [-0.39, 0.29) is 0 Å². The Balaban J connectivity index is 2.02. The highest BCUT2D eigenvalue weighted by molar-refractivity contribution is 5.48. The predicted molar refractivity (Wildman–Crippen MR) is 85.9 cm³/mol. The Morgan fingerprint density at radius 3 is 2.57 bits per heavy atom. The third-order valence-corrected chi connectivity index (χ3v) is 3.51. The third kappa shape index (κ3) is 4.02. The molecule has 2 rings (SSSR count). The van der Waals surface area contributed by atoms with Gasteiger partial charge in [0.15, 0.2) is 0 Å². The molecule has 0 aliphatic rings. The van der Waals surface area contributed by atoms with Crippen molar-refractivity contribution in [2.24, 2.45) is 0 Å². The zero-order chi connectivity index (χ0) is 15.2. The molecule has 4 heteroatoms. The molecule has 0 spiro atoms. The van der Waals surface area contributed by atoms with E-state index >= 15 is 0 Å². The molecule has 1 aromatic carbocycles. The van der Waals surface area contributed by atoms with Gasteiger partial charge in [0.1, 0.15) is 17.3 Å². The maximum atomic E-state index is 5.92. The first kappa shape index (κ1) is 15.4. The van der Waals surface area contributed by atoms with E-state index in [1.54, 1.807) is 7.11 Å². The quantitative estimate of drug-likeness (QED) is 0.848. The van der Waals surface area contributed by atoms with Gasteiger partial charge in [0.05, 0.1) is 20.2 Å². The molecule has 0 atom stereocenters. The molecular weight excluding hydrogens is 264 g/mol. The number of ether oxygens (including phenoxy) is 1. The van der Waals surface area contributed by atoms with Crippen LogP contribution in [0.25, 0.3) is 0 Å². The molecule has 0 unspecified atom stereocenters. The first-order chi connectivity index (χ1) is 10.1.